The molecule has 1 saturated heterocycles. The van der Waals surface area contributed by atoms with E-state index in [1.165, 1.54) is 0 Å². The molecule has 1 heterocycles. The molecule has 1 aromatic carbocycles. The summed E-state index contributed by atoms with van der Waals surface area (Å²) in [5, 5.41) is 3.21. The highest BCUT2D eigenvalue weighted by Crippen LogP contribution is 2.45. The van der Waals surface area contributed by atoms with Crippen LogP contribution in [0.15, 0.2) is 18.2 Å². The number of nitrogens with zero attached hydrogens (tertiary/aromatic N) is 1. The molecule has 1 atom stereocenters. The highest BCUT2D eigenvalue weighted by molar-refractivity contribution is 5.34. The summed E-state index contributed by atoms with van der Waals surface area (Å²) in [6.07, 6.45) is -1.56. The summed E-state index contributed by atoms with van der Waals surface area (Å²) in [6, 6.07) is 2.55. The standard InChI is InChI=1S/C16H20F4N2/c17-12-4-5-14(16(18,19)20)13(10-12)15(11-2-1-3-11)22-8-6-21-7-9-22/h4-5,10-11,15,21H,1-3,6-9H2/t15-/m1/s1. The van der Waals surface area contributed by atoms with Crippen molar-refractivity contribution in [1.29, 1.82) is 0 Å². The predicted octanol–water partition coefficient (Wildman–Crippen LogP) is 3.59. The van der Waals surface area contributed by atoms with Crippen LogP contribution in [-0.2, 0) is 6.18 Å². The first kappa shape index (κ1) is 15.7. The lowest BCUT2D eigenvalue weighted by atomic mass is 9.75. The second kappa shape index (κ2) is 6.16. The molecule has 2 nitrogen and oxygen atoms in total. The number of halogens is 4. The Morgan fingerprint density at radius 2 is 1.82 bits per heavy atom. The van der Waals surface area contributed by atoms with E-state index in [-0.39, 0.29) is 17.5 Å². The van der Waals surface area contributed by atoms with Crippen molar-refractivity contribution in [1.82, 2.24) is 10.2 Å². The highest BCUT2D eigenvalue weighted by Gasteiger charge is 2.41. The van der Waals surface area contributed by atoms with Gasteiger partial charge in [-0.3, -0.25) is 4.90 Å². The maximum absolute atomic E-state index is 13.7. The van der Waals surface area contributed by atoms with Crippen LogP contribution in [-0.4, -0.2) is 31.1 Å². The lowest BCUT2D eigenvalue weighted by molar-refractivity contribution is -0.139. The van der Waals surface area contributed by atoms with Crippen molar-refractivity contribution >= 4 is 0 Å². The van der Waals surface area contributed by atoms with Crippen LogP contribution in [0.2, 0.25) is 0 Å². The third kappa shape index (κ3) is 3.13. The zero-order valence-corrected chi connectivity index (χ0v) is 12.3. The van der Waals surface area contributed by atoms with Crippen LogP contribution in [0.4, 0.5) is 17.6 Å². The average Bonchev–Trinajstić information content (AvgIpc) is 2.42. The van der Waals surface area contributed by atoms with Gasteiger partial charge in [0.25, 0.3) is 0 Å². The molecule has 2 aliphatic rings. The SMILES string of the molecule is Fc1ccc(C(F)(F)F)c([C@@H](C2CCC2)N2CCNCC2)c1. The van der Waals surface area contributed by atoms with Gasteiger partial charge in [0.2, 0.25) is 0 Å². The second-order valence-corrected chi connectivity index (χ2v) is 6.15. The maximum atomic E-state index is 13.7. The molecule has 6 heteroatoms. The predicted molar refractivity (Wildman–Crippen MR) is 75.9 cm³/mol. The van der Waals surface area contributed by atoms with Crippen molar-refractivity contribution in [2.75, 3.05) is 26.2 Å². The van der Waals surface area contributed by atoms with Gasteiger partial charge >= 0.3 is 6.18 Å². The van der Waals surface area contributed by atoms with Crippen LogP contribution < -0.4 is 5.32 Å². The summed E-state index contributed by atoms with van der Waals surface area (Å²) >= 11 is 0. The van der Waals surface area contributed by atoms with Crippen LogP contribution in [0.5, 0.6) is 0 Å². The topological polar surface area (TPSA) is 15.3 Å². The van der Waals surface area contributed by atoms with Crippen LogP contribution in [0.25, 0.3) is 0 Å². The van der Waals surface area contributed by atoms with E-state index in [0.717, 1.165) is 50.6 Å². The molecule has 0 bridgehead atoms. The Morgan fingerprint density at radius 3 is 2.36 bits per heavy atom. The first-order chi connectivity index (χ1) is 10.5. The fourth-order valence-corrected chi connectivity index (χ4v) is 3.50. The van der Waals surface area contributed by atoms with Crippen LogP contribution in [0, 0.1) is 11.7 Å². The van der Waals surface area contributed by atoms with Crippen molar-refractivity contribution in [3.63, 3.8) is 0 Å². The molecule has 0 spiro atoms. The molecule has 2 fully saturated rings. The van der Waals surface area contributed by atoms with E-state index in [1.807, 2.05) is 0 Å². The van der Waals surface area contributed by atoms with Gasteiger partial charge in [0.1, 0.15) is 5.82 Å². The van der Waals surface area contributed by atoms with E-state index >= 15 is 0 Å². The van der Waals surface area contributed by atoms with Gasteiger partial charge in [-0.2, -0.15) is 13.2 Å². The lowest BCUT2D eigenvalue weighted by Crippen LogP contribution is -2.48. The minimum absolute atomic E-state index is 0.110. The van der Waals surface area contributed by atoms with Crippen LogP contribution in [0.3, 0.4) is 0 Å². The third-order valence-electron chi connectivity index (χ3n) is 4.78. The molecule has 1 aromatic rings. The van der Waals surface area contributed by atoms with Gasteiger partial charge in [-0.05, 0) is 42.5 Å². The van der Waals surface area contributed by atoms with Crippen LogP contribution >= 0.6 is 0 Å². The van der Waals surface area contributed by atoms with Crippen molar-refractivity contribution < 1.29 is 17.6 Å². The lowest BCUT2D eigenvalue weighted by Gasteiger charge is -2.44. The molecule has 22 heavy (non-hydrogen) atoms. The Morgan fingerprint density at radius 1 is 1.14 bits per heavy atom. The molecule has 1 saturated carbocycles. The first-order valence-corrected chi connectivity index (χ1v) is 7.78. The molecule has 0 aromatic heterocycles. The molecule has 3 rings (SSSR count). The Balaban J connectivity index is 2.01. The van der Waals surface area contributed by atoms with Crippen molar-refractivity contribution in [3.8, 4) is 0 Å². The molecule has 0 unspecified atom stereocenters. The van der Waals surface area contributed by atoms with E-state index in [9.17, 15) is 17.6 Å². The van der Waals surface area contributed by atoms with E-state index in [4.69, 9.17) is 0 Å². The fraction of sp³-hybridized carbons (Fsp3) is 0.625. The Kier molecular flexibility index (Phi) is 4.41. The normalized spacial score (nSPS) is 22.4. The number of nitrogens with one attached hydrogen (secondary N) is 1. The largest absolute Gasteiger partial charge is 0.416 e. The van der Waals surface area contributed by atoms with E-state index in [1.54, 1.807) is 0 Å². The summed E-state index contributed by atoms with van der Waals surface area (Å²) in [5.41, 5.74) is -0.580. The summed E-state index contributed by atoms with van der Waals surface area (Å²) in [6.45, 7) is 2.93. The van der Waals surface area contributed by atoms with Gasteiger partial charge in [-0.25, -0.2) is 4.39 Å². The molecule has 0 amide bonds. The quantitative estimate of drug-likeness (QED) is 0.857. The first-order valence-electron chi connectivity index (χ1n) is 7.78. The van der Waals surface area contributed by atoms with Crippen molar-refractivity contribution in [3.05, 3.63) is 35.1 Å². The molecule has 1 N–H and O–H groups in total. The monoisotopic (exact) mass is 316 g/mol. The summed E-state index contributed by atoms with van der Waals surface area (Å²) in [7, 11) is 0. The van der Waals surface area contributed by atoms with Crippen LogP contribution in [0.1, 0.15) is 36.4 Å². The maximum Gasteiger partial charge on any atom is 0.416 e. The smallest absolute Gasteiger partial charge is 0.314 e. The van der Waals surface area contributed by atoms with E-state index < -0.39 is 17.6 Å². The molecular formula is C16H20F4N2. The summed E-state index contributed by atoms with van der Waals surface area (Å²) in [4.78, 5) is 2.09. The number of alkyl halides is 3. The zero-order valence-electron chi connectivity index (χ0n) is 12.3. The minimum Gasteiger partial charge on any atom is -0.314 e. The second-order valence-electron chi connectivity index (χ2n) is 6.15. The Labute approximate surface area is 127 Å². The Bertz CT molecular complexity index is 519. The van der Waals surface area contributed by atoms with Gasteiger partial charge in [0, 0.05) is 32.2 Å². The van der Waals surface area contributed by atoms with Gasteiger partial charge < -0.3 is 5.32 Å². The van der Waals surface area contributed by atoms with Crippen molar-refractivity contribution in [2.24, 2.45) is 5.92 Å². The molecule has 0 radical (unpaired) electrons. The van der Waals surface area contributed by atoms with E-state index in [2.05, 4.69) is 10.2 Å². The number of piperazine rings is 1. The number of hydrogen-bond acceptors (Lipinski definition) is 2. The average molecular weight is 316 g/mol. The van der Waals surface area contributed by atoms with E-state index in [0.29, 0.717) is 13.1 Å². The van der Waals surface area contributed by atoms with Gasteiger partial charge in [0.05, 0.1) is 5.56 Å². The van der Waals surface area contributed by atoms with Crippen molar-refractivity contribution in [2.45, 2.75) is 31.5 Å². The molecule has 122 valence electrons. The number of hydrogen-bond donors (Lipinski definition) is 1. The summed E-state index contributed by atoms with van der Waals surface area (Å²) in [5.74, 6) is -0.400. The Hall–Kier alpha value is -1.14. The third-order valence-corrected chi connectivity index (χ3v) is 4.78. The van der Waals surface area contributed by atoms with Gasteiger partial charge in [0.15, 0.2) is 0 Å². The highest BCUT2D eigenvalue weighted by atomic mass is 19.4. The molecule has 1 aliphatic heterocycles. The minimum atomic E-state index is -4.45. The van der Waals surface area contributed by atoms with Gasteiger partial charge in [-0.1, -0.05) is 6.42 Å². The number of benzene rings is 1. The van der Waals surface area contributed by atoms with Gasteiger partial charge in [-0.15, -0.1) is 0 Å². The zero-order chi connectivity index (χ0) is 15.7. The fourth-order valence-electron chi connectivity index (χ4n) is 3.50. The molecule has 1 aliphatic carbocycles. The molecular weight excluding hydrogens is 296 g/mol. The summed E-state index contributed by atoms with van der Waals surface area (Å²) < 4.78 is 53.7. The number of rotatable bonds is 3.